The van der Waals surface area contributed by atoms with Gasteiger partial charge in [0.05, 0.1) is 6.10 Å². The average Bonchev–Trinajstić information content (AvgIpc) is 3.02. The minimum Gasteiger partial charge on any atom is -0.361 e. The molecule has 0 bridgehead atoms. The van der Waals surface area contributed by atoms with Crippen LogP contribution in [0.2, 0.25) is 0 Å². The molecular formula is C14H16O. The fourth-order valence-corrected chi connectivity index (χ4v) is 3.86. The second-order valence-electron chi connectivity index (χ2n) is 5.22. The van der Waals surface area contributed by atoms with E-state index in [1.807, 2.05) is 0 Å². The number of hydrogen-bond donors (Lipinski definition) is 0. The second-order valence-corrected chi connectivity index (χ2v) is 5.22. The number of hydrogen-bond acceptors (Lipinski definition) is 1. The van der Waals surface area contributed by atoms with Crippen molar-refractivity contribution in [2.75, 3.05) is 0 Å². The maximum absolute atomic E-state index is 6.10. The Morgan fingerprint density at radius 2 is 2.07 bits per heavy atom. The molecule has 3 aliphatic rings. The second kappa shape index (κ2) is 2.65. The summed E-state index contributed by atoms with van der Waals surface area (Å²) in [5.41, 5.74) is 3.23. The van der Waals surface area contributed by atoms with E-state index in [0.29, 0.717) is 6.10 Å². The highest BCUT2D eigenvalue weighted by molar-refractivity contribution is 5.41. The van der Waals surface area contributed by atoms with Gasteiger partial charge < -0.3 is 4.74 Å². The first-order chi connectivity index (χ1) is 7.41. The average molecular weight is 200 g/mol. The number of epoxide rings is 1. The molecule has 1 aliphatic heterocycles. The van der Waals surface area contributed by atoms with Crippen LogP contribution in [0, 0.1) is 5.92 Å². The van der Waals surface area contributed by atoms with Crippen molar-refractivity contribution < 1.29 is 4.74 Å². The molecule has 0 radical (unpaired) electrons. The summed E-state index contributed by atoms with van der Waals surface area (Å²) in [7, 11) is 0. The number of ether oxygens (including phenoxy) is 1. The van der Waals surface area contributed by atoms with E-state index in [0.717, 1.165) is 5.92 Å². The molecule has 2 aliphatic carbocycles. The predicted molar refractivity (Wildman–Crippen MR) is 58.7 cm³/mol. The van der Waals surface area contributed by atoms with Gasteiger partial charge in [0.25, 0.3) is 0 Å². The minimum absolute atomic E-state index is 0.174. The maximum Gasteiger partial charge on any atom is 0.123 e. The third kappa shape index (κ3) is 0.926. The highest BCUT2D eigenvalue weighted by Crippen LogP contribution is 2.62. The first-order valence-electron chi connectivity index (χ1n) is 6.17. The molecule has 1 aromatic rings. The van der Waals surface area contributed by atoms with E-state index in [-0.39, 0.29) is 5.60 Å². The van der Waals surface area contributed by atoms with E-state index >= 15 is 0 Å². The summed E-state index contributed by atoms with van der Waals surface area (Å²) in [4.78, 5) is 0. The van der Waals surface area contributed by atoms with E-state index < -0.39 is 0 Å². The Morgan fingerprint density at radius 3 is 3.07 bits per heavy atom. The van der Waals surface area contributed by atoms with Gasteiger partial charge >= 0.3 is 0 Å². The summed E-state index contributed by atoms with van der Waals surface area (Å²) in [5.74, 6) is 0.811. The van der Waals surface area contributed by atoms with Crippen LogP contribution < -0.4 is 0 Å². The Morgan fingerprint density at radius 1 is 1.13 bits per heavy atom. The van der Waals surface area contributed by atoms with Crippen LogP contribution in [0.25, 0.3) is 0 Å². The molecule has 15 heavy (non-hydrogen) atoms. The monoisotopic (exact) mass is 200 g/mol. The molecule has 1 spiro atoms. The molecule has 0 unspecified atom stereocenters. The largest absolute Gasteiger partial charge is 0.361 e. The van der Waals surface area contributed by atoms with Crippen molar-refractivity contribution in [2.24, 2.45) is 5.92 Å². The molecule has 1 heterocycles. The van der Waals surface area contributed by atoms with E-state index in [1.54, 1.807) is 0 Å². The molecule has 1 aromatic carbocycles. The molecule has 2 fully saturated rings. The van der Waals surface area contributed by atoms with Crippen LogP contribution in [-0.4, -0.2) is 6.10 Å². The SMILES string of the molecule is c1ccc2c(c1)CC[C@@H]1CCC[C@@H]3O[C@]213. The van der Waals surface area contributed by atoms with Crippen molar-refractivity contribution in [3.05, 3.63) is 35.4 Å². The zero-order chi connectivity index (χ0) is 9.88. The summed E-state index contributed by atoms with van der Waals surface area (Å²) in [6, 6.07) is 8.92. The summed E-state index contributed by atoms with van der Waals surface area (Å²) in [6.07, 6.45) is 7.19. The Hall–Kier alpha value is -0.820. The van der Waals surface area contributed by atoms with Gasteiger partial charge in [0, 0.05) is 0 Å². The highest BCUT2D eigenvalue weighted by atomic mass is 16.6. The highest BCUT2D eigenvalue weighted by Gasteiger charge is 2.64. The van der Waals surface area contributed by atoms with Gasteiger partial charge in [-0.25, -0.2) is 0 Å². The van der Waals surface area contributed by atoms with Crippen LogP contribution >= 0.6 is 0 Å². The molecule has 0 amide bonds. The van der Waals surface area contributed by atoms with Crippen LogP contribution in [-0.2, 0) is 16.8 Å². The molecular weight excluding hydrogens is 184 g/mol. The fraction of sp³-hybridized carbons (Fsp3) is 0.571. The van der Waals surface area contributed by atoms with Crippen molar-refractivity contribution in [3.8, 4) is 0 Å². The zero-order valence-electron chi connectivity index (χ0n) is 8.91. The van der Waals surface area contributed by atoms with Crippen LogP contribution in [0.5, 0.6) is 0 Å². The standard InChI is InChI=1S/C14H16O/c1-2-6-12-10(4-1)8-9-11-5-3-7-13-14(11,12)15-13/h1-2,4,6,11,13H,3,5,7-9H2/t11-,13-,14-/m0/s1. The van der Waals surface area contributed by atoms with Gasteiger partial charge in [0.1, 0.15) is 5.60 Å². The Labute approximate surface area is 90.4 Å². The Bertz CT molecular complexity index is 412. The van der Waals surface area contributed by atoms with Gasteiger partial charge in [-0.2, -0.15) is 0 Å². The van der Waals surface area contributed by atoms with Crippen molar-refractivity contribution in [1.29, 1.82) is 0 Å². The lowest BCUT2D eigenvalue weighted by molar-refractivity contribution is 0.186. The molecule has 1 heteroatoms. The van der Waals surface area contributed by atoms with Gasteiger partial charge in [0.15, 0.2) is 0 Å². The first kappa shape index (κ1) is 8.35. The minimum atomic E-state index is 0.174. The fourth-order valence-electron chi connectivity index (χ4n) is 3.86. The summed E-state index contributed by atoms with van der Waals surface area (Å²) < 4.78 is 6.10. The maximum atomic E-state index is 6.10. The number of aryl methyl sites for hydroxylation is 1. The van der Waals surface area contributed by atoms with Crippen molar-refractivity contribution in [1.82, 2.24) is 0 Å². The Kier molecular flexibility index (Phi) is 1.47. The third-order valence-corrected chi connectivity index (χ3v) is 4.58. The zero-order valence-corrected chi connectivity index (χ0v) is 8.91. The molecule has 78 valence electrons. The number of fused-ring (bicyclic) bond motifs is 1. The Balaban J connectivity index is 1.88. The van der Waals surface area contributed by atoms with Gasteiger partial charge in [-0.3, -0.25) is 0 Å². The van der Waals surface area contributed by atoms with E-state index in [4.69, 9.17) is 4.74 Å². The smallest absolute Gasteiger partial charge is 0.123 e. The van der Waals surface area contributed by atoms with E-state index in [2.05, 4.69) is 24.3 Å². The van der Waals surface area contributed by atoms with Crippen LogP contribution in [0.3, 0.4) is 0 Å². The predicted octanol–water partition coefficient (Wildman–Crippen LogP) is 3.03. The van der Waals surface area contributed by atoms with Gasteiger partial charge in [-0.15, -0.1) is 0 Å². The summed E-state index contributed by atoms with van der Waals surface area (Å²) in [5, 5.41) is 0. The molecule has 3 atom stereocenters. The van der Waals surface area contributed by atoms with Gasteiger partial charge in [0.2, 0.25) is 0 Å². The normalized spacial score (nSPS) is 41.3. The lowest BCUT2D eigenvalue weighted by Crippen LogP contribution is -2.33. The molecule has 1 saturated heterocycles. The summed E-state index contributed by atoms with van der Waals surface area (Å²) >= 11 is 0. The number of benzene rings is 1. The van der Waals surface area contributed by atoms with Crippen LogP contribution in [0.4, 0.5) is 0 Å². The van der Waals surface area contributed by atoms with E-state index in [9.17, 15) is 0 Å². The number of rotatable bonds is 0. The topological polar surface area (TPSA) is 12.5 Å². The summed E-state index contributed by atoms with van der Waals surface area (Å²) in [6.45, 7) is 0. The third-order valence-electron chi connectivity index (χ3n) is 4.58. The molecule has 0 aromatic heterocycles. The van der Waals surface area contributed by atoms with Crippen molar-refractivity contribution in [2.45, 2.75) is 43.8 Å². The van der Waals surface area contributed by atoms with Crippen LogP contribution in [0.1, 0.15) is 36.8 Å². The first-order valence-corrected chi connectivity index (χ1v) is 6.17. The lowest BCUT2D eigenvalue weighted by Gasteiger charge is -2.34. The van der Waals surface area contributed by atoms with Gasteiger partial charge in [-0.1, -0.05) is 30.7 Å². The van der Waals surface area contributed by atoms with Crippen molar-refractivity contribution in [3.63, 3.8) is 0 Å². The lowest BCUT2D eigenvalue weighted by atomic mass is 9.68. The van der Waals surface area contributed by atoms with Gasteiger partial charge in [-0.05, 0) is 42.7 Å². The molecule has 1 nitrogen and oxygen atoms in total. The molecule has 0 N–H and O–H groups in total. The van der Waals surface area contributed by atoms with E-state index in [1.165, 1.54) is 43.2 Å². The molecule has 4 rings (SSSR count). The van der Waals surface area contributed by atoms with Crippen molar-refractivity contribution >= 4 is 0 Å². The quantitative estimate of drug-likeness (QED) is 0.586. The van der Waals surface area contributed by atoms with Crippen LogP contribution in [0.15, 0.2) is 24.3 Å². The molecule has 1 saturated carbocycles.